The summed E-state index contributed by atoms with van der Waals surface area (Å²) in [4.78, 5) is 17.5. The topological polar surface area (TPSA) is 93.5 Å². The predicted molar refractivity (Wildman–Crippen MR) is 150 cm³/mol. The van der Waals surface area contributed by atoms with Crippen LogP contribution in [0.1, 0.15) is 12.0 Å². The van der Waals surface area contributed by atoms with Crippen molar-refractivity contribution in [2.45, 2.75) is 11.4 Å². The van der Waals surface area contributed by atoms with Gasteiger partial charge in [0.05, 0.1) is 38.3 Å². The van der Waals surface area contributed by atoms with E-state index in [0.717, 1.165) is 11.1 Å². The van der Waals surface area contributed by atoms with E-state index in [1.165, 1.54) is 11.8 Å². The number of amides is 1. The Kier molecular flexibility index (Phi) is 8.85. The van der Waals surface area contributed by atoms with Crippen LogP contribution >= 0.6 is 11.8 Å². The zero-order valence-electron chi connectivity index (χ0n) is 21.4. The van der Waals surface area contributed by atoms with E-state index in [9.17, 15) is 10.1 Å². The van der Waals surface area contributed by atoms with Gasteiger partial charge in [-0.25, -0.2) is 4.98 Å². The Morgan fingerprint density at radius 2 is 1.63 bits per heavy atom. The number of benzene rings is 3. The Labute approximate surface area is 226 Å². The lowest BCUT2D eigenvalue weighted by Gasteiger charge is -2.16. The molecule has 7 nitrogen and oxygen atoms in total. The van der Waals surface area contributed by atoms with Crippen molar-refractivity contribution >= 4 is 23.4 Å². The molecule has 1 heterocycles. The Morgan fingerprint density at radius 1 is 0.895 bits per heavy atom. The molecule has 1 aromatic heterocycles. The number of carbonyl (C=O) groups excluding carboxylic acids is 1. The maximum absolute atomic E-state index is 12.7. The fourth-order valence-electron chi connectivity index (χ4n) is 3.93. The van der Waals surface area contributed by atoms with Gasteiger partial charge >= 0.3 is 0 Å². The highest BCUT2D eigenvalue weighted by atomic mass is 32.2. The average molecular weight is 526 g/mol. The van der Waals surface area contributed by atoms with Gasteiger partial charge in [0.1, 0.15) is 28.3 Å². The van der Waals surface area contributed by atoms with Crippen LogP contribution in [0.5, 0.6) is 17.2 Å². The number of nitrogens with zero attached hydrogens (tertiary/aromatic N) is 2. The number of carbonyl (C=O) groups is 1. The predicted octanol–water partition coefficient (Wildman–Crippen LogP) is 6.43. The molecule has 0 saturated heterocycles. The number of thioether (sulfide) groups is 1. The number of ether oxygens (including phenoxy) is 3. The van der Waals surface area contributed by atoms with E-state index in [2.05, 4.69) is 11.4 Å². The SMILES string of the molecule is COc1ccc(OC)c(-c2cc(-c3ccccc3)nc(SCCC(=O)Nc3ccccc3OC)c2C#N)c1. The van der Waals surface area contributed by atoms with E-state index in [1.54, 1.807) is 33.5 Å². The molecule has 4 rings (SSSR count). The molecule has 0 saturated carbocycles. The number of para-hydroxylation sites is 2. The molecule has 3 aromatic carbocycles. The third-order valence-corrected chi connectivity index (χ3v) is 6.79. The van der Waals surface area contributed by atoms with Gasteiger partial charge in [-0.15, -0.1) is 11.8 Å². The van der Waals surface area contributed by atoms with Gasteiger partial charge in [-0.05, 0) is 36.4 Å². The summed E-state index contributed by atoms with van der Waals surface area (Å²) < 4.78 is 16.4. The molecule has 0 aliphatic rings. The van der Waals surface area contributed by atoms with Crippen LogP contribution < -0.4 is 19.5 Å². The Morgan fingerprint density at radius 3 is 2.34 bits per heavy atom. The maximum atomic E-state index is 12.7. The molecule has 0 unspecified atom stereocenters. The van der Waals surface area contributed by atoms with E-state index in [4.69, 9.17) is 19.2 Å². The lowest BCUT2D eigenvalue weighted by atomic mass is 9.98. The van der Waals surface area contributed by atoms with Crippen LogP contribution in [0.3, 0.4) is 0 Å². The molecule has 0 aliphatic heterocycles. The molecule has 0 bridgehead atoms. The molecule has 192 valence electrons. The lowest BCUT2D eigenvalue weighted by Crippen LogP contribution is -2.13. The first-order chi connectivity index (χ1) is 18.6. The molecule has 0 fully saturated rings. The zero-order chi connectivity index (χ0) is 26.9. The van der Waals surface area contributed by atoms with Crippen molar-refractivity contribution in [3.8, 4) is 45.7 Å². The minimum Gasteiger partial charge on any atom is -0.497 e. The highest BCUT2D eigenvalue weighted by molar-refractivity contribution is 7.99. The number of anilines is 1. The molecular weight excluding hydrogens is 498 g/mol. The van der Waals surface area contributed by atoms with Crippen LogP contribution in [0.15, 0.2) is 83.9 Å². The van der Waals surface area contributed by atoms with Crippen molar-refractivity contribution < 1.29 is 19.0 Å². The number of hydrogen-bond acceptors (Lipinski definition) is 7. The molecule has 0 radical (unpaired) electrons. The number of nitriles is 1. The van der Waals surface area contributed by atoms with Crippen molar-refractivity contribution in [2.75, 3.05) is 32.4 Å². The highest BCUT2D eigenvalue weighted by Gasteiger charge is 2.19. The molecule has 8 heteroatoms. The maximum Gasteiger partial charge on any atom is 0.225 e. The fourth-order valence-corrected chi connectivity index (χ4v) is 4.87. The summed E-state index contributed by atoms with van der Waals surface area (Å²) in [6, 6.07) is 26.7. The summed E-state index contributed by atoms with van der Waals surface area (Å²) in [6.07, 6.45) is 0.225. The molecular formula is C30H27N3O4S. The fraction of sp³-hybridized carbons (Fsp3) is 0.167. The van der Waals surface area contributed by atoms with Crippen molar-refractivity contribution in [2.24, 2.45) is 0 Å². The van der Waals surface area contributed by atoms with Gasteiger partial charge in [-0.1, -0.05) is 42.5 Å². The molecule has 0 spiro atoms. The Hall–Kier alpha value is -4.48. The average Bonchev–Trinajstić information content (AvgIpc) is 2.97. The van der Waals surface area contributed by atoms with Crippen molar-refractivity contribution in [3.05, 3.63) is 84.4 Å². The smallest absolute Gasteiger partial charge is 0.225 e. The molecule has 4 aromatic rings. The molecule has 0 aliphatic carbocycles. The second-order valence-electron chi connectivity index (χ2n) is 8.13. The number of methoxy groups -OCH3 is 3. The first kappa shape index (κ1) is 26.6. The third-order valence-electron chi connectivity index (χ3n) is 5.81. The number of rotatable bonds is 10. The third kappa shape index (κ3) is 6.07. The zero-order valence-corrected chi connectivity index (χ0v) is 22.2. The van der Waals surface area contributed by atoms with Crippen LogP contribution in [0.4, 0.5) is 5.69 Å². The highest BCUT2D eigenvalue weighted by Crippen LogP contribution is 2.40. The van der Waals surface area contributed by atoms with E-state index in [1.807, 2.05) is 66.7 Å². The van der Waals surface area contributed by atoms with Crippen LogP contribution in [0.2, 0.25) is 0 Å². The van der Waals surface area contributed by atoms with E-state index in [-0.39, 0.29) is 12.3 Å². The van der Waals surface area contributed by atoms with Gasteiger partial charge in [0.25, 0.3) is 0 Å². The van der Waals surface area contributed by atoms with Crippen LogP contribution in [-0.2, 0) is 4.79 Å². The van der Waals surface area contributed by atoms with Gasteiger partial charge < -0.3 is 19.5 Å². The minimum atomic E-state index is -0.158. The number of hydrogen-bond donors (Lipinski definition) is 1. The van der Waals surface area contributed by atoms with Gasteiger partial charge in [0.2, 0.25) is 5.91 Å². The number of pyridine rings is 1. The second-order valence-corrected chi connectivity index (χ2v) is 9.21. The number of nitrogens with one attached hydrogen (secondary N) is 1. The van der Waals surface area contributed by atoms with Gasteiger partial charge in [0.15, 0.2) is 0 Å². The summed E-state index contributed by atoms with van der Waals surface area (Å²) in [7, 11) is 4.74. The summed E-state index contributed by atoms with van der Waals surface area (Å²) in [5.74, 6) is 2.11. The van der Waals surface area contributed by atoms with E-state index in [0.29, 0.717) is 50.5 Å². The summed E-state index contributed by atoms with van der Waals surface area (Å²) in [5.41, 5.74) is 4.05. The first-order valence-corrected chi connectivity index (χ1v) is 12.8. The van der Waals surface area contributed by atoms with E-state index >= 15 is 0 Å². The Balaban J connectivity index is 1.67. The van der Waals surface area contributed by atoms with E-state index < -0.39 is 0 Å². The van der Waals surface area contributed by atoms with Gasteiger partial charge in [-0.2, -0.15) is 5.26 Å². The lowest BCUT2D eigenvalue weighted by molar-refractivity contribution is -0.115. The summed E-state index contributed by atoms with van der Waals surface area (Å²) >= 11 is 1.36. The normalized spacial score (nSPS) is 10.4. The van der Waals surface area contributed by atoms with Crippen LogP contribution in [0.25, 0.3) is 22.4 Å². The second kappa shape index (κ2) is 12.7. The summed E-state index contributed by atoms with van der Waals surface area (Å²) in [6.45, 7) is 0. The van der Waals surface area contributed by atoms with Crippen LogP contribution in [0, 0.1) is 11.3 Å². The Bertz CT molecular complexity index is 1470. The standard InChI is InChI=1S/C30H27N3O4S/c1-35-21-13-14-27(36-2)23(17-21)22-18-26(20-9-5-4-6-10-20)33-30(24(22)19-31)38-16-15-29(34)32-25-11-7-8-12-28(25)37-3/h4-14,17-18H,15-16H2,1-3H3,(H,32,34). The molecule has 38 heavy (non-hydrogen) atoms. The first-order valence-electron chi connectivity index (χ1n) is 11.9. The van der Waals surface area contributed by atoms with Gasteiger partial charge in [0, 0.05) is 28.9 Å². The van der Waals surface area contributed by atoms with Crippen LogP contribution in [-0.4, -0.2) is 38.0 Å². The monoisotopic (exact) mass is 525 g/mol. The molecule has 1 N–H and O–H groups in total. The molecule has 0 atom stereocenters. The van der Waals surface area contributed by atoms with Crippen molar-refractivity contribution in [1.82, 2.24) is 4.98 Å². The van der Waals surface area contributed by atoms with Crippen molar-refractivity contribution in [3.63, 3.8) is 0 Å². The quantitative estimate of drug-likeness (QED) is 0.238. The molecule has 1 amide bonds. The minimum absolute atomic E-state index is 0.158. The number of aromatic nitrogens is 1. The largest absolute Gasteiger partial charge is 0.497 e. The van der Waals surface area contributed by atoms with Crippen molar-refractivity contribution in [1.29, 1.82) is 5.26 Å². The summed E-state index contributed by atoms with van der Waals surface area (Å²) in [5, 5.41) is 13.6. The van der Waals surface area contributed by atoms with Gasteiger partial charge in [-0.3, -0.25) is 4.79 Å².